The maximum absolute atomic E-state index is 12.9. The SMILES string of the molecule is CC(C)c1nn(-c2ccccc2)c(C(C)C)c1C(=O)NCCN(C)C. The van der Waals surface area contributed by atoms with Crippen molar-refractivity contribution in [1.29, 1.82) is 0 Å². The molecule has 1 heterocycles. The first kappa shape index (κ1) is 19.2. The van der Waals surface area contributed by atoms with Gasteiger partial charge in [-0.25, -0.2) is 4.68 Å². The molecule has 2 aromatic rings. The molecule has 0 spiro atoms. The van der Waals surface area contributed by atoms with Gasteiger partial charge in [0.15, 0.2) is 0 Å². The molecule has 1 aromatic heterocycles. The number of aromatic nitrogens is 2. The van der Waals surface area contributed by atoms with Gasteiger partial charge < -0.3 is 10.2 Å². The number of nitrogens with one attached hydrogen (secondary N) is 1. The minimum atomic E-state index is -0.0311. The largest absolute Gasteiger partial charge is 0.351 e. The van der Waals surface area contributed by atoms with E-state index in [0.717, 1.165) is 29.2 Å². The van der Waals surface area contributed by atoms with Crippen molar-refractivity contribution in [3.05, 3.63) is 47.3 Å². The van der Waals surface area contributed by atoms with E-state index >= 15 is 0 Å². The molecule has 25 heavy (non-hydrogen) atoms. The molecule has 2 rings (SSSR count). The van der Waals surface area contributed by atoms with Crippen molar-refractivity contribution in [1.82, 2.24) is 20.0 Å². The summed E-state index contributed by atoms with van der Waals surface area (Å²) >= 11 is 0. The number of rotatable bonds is 7. The van der Waals surface area contributed by atoms with Crippen LogP contribution in [0.4, 0.5) is 0 Å². The fourth-order valence-electron chi connectivity index (χ4n) is 2.87. The Morgan fingerprint density at radius 2 is 1.76 bits per heavy atom. The quantitative estimate of drug-likeness (QED) is 0.839. The number of benzene rings is 1. The van der Waals surface area contributed by atoms with E-state index in [4.69, 9.17) is 5.10 Å². The van der Waals surface area contributed by atoms with Crippen LogP contribution in [0.25, 0.3) is 5.69 Å². The summed E-state index contributed by atoms with van der Waals surface area (Å²) in [6.45, 7) is 9.81. The first-order valence-electron chi connectivity index (χ1n) is 8.94. The monoisotopic (exact) mass is 342 g/mol. The Morgan fingerprint density at radius 1 is 1.12 bits per heavy atom. The highest BCUT2D eigenvalue weighted by molar-refractivity contribution is 5.97. The van der Waals surface area contributed by atoms with Gasteiger partial charge in [-0.2, -0.15) is 5.10 Å². The van der Waals surface area contributed by atoms with Gasteiger partial charge in [-0.05, 0) is 38.1 Å². The summed E-state index contributed by atoms with van der Waals surface area (Å²) in [7, 11) is 4.00. The Labute approximate surface area is 151 Å². The van der Waals surface area contributed by atoms with Gasteiger partial charge in [0.1, 0.15) is 0 Å². The number of amides is 1. The fraction of sp³-hybridized carbons (Fsp3) is 0.500. The Kier molecular flexibility index (Phi) is 6.37. The van der Waals surface area contributed by atoms with Gasteiger partial charge in [0.25, 0.3) is 5.91 Å². The van der Waals surface area contributed by atoms with Crippen molar-refractivity contribution in [2.75, 3.05) is 27.2 Å². The first-order chi connectivity index (χ1) is 11.8. The maximum atomic E-state index is 12.9. The van der Waals surface area contributed by atoms with E-state index < -0.39 is 0 Å². The average Bonchev–Trinajstić information content (AvgIpc) is 2.96. The lowest BCUT2D eigenvalue weighted by molar-refractivity contribution is 0.0948. The van der Waals surface area contributed by atoms with E-state index in [0.29, 0.717) is 6.54 Å². The molecule has 0 aliphatic rings. The van der Waals surface area contributed by atoms with Crippen molar-refractivity contribution in [2.24, 2.45) is 0 Å². The number of para-hydroxylation sites is 1. The molecule has 0 aliphatic carbocycles. The molecule has 1 amide bonds. The molecule has 5 nitrogen and oxygen atoms in total. The lowest BCUT2D eigenvalue weighted by atomic mass is 9.98. The standard InChI is InChI=1S/C20H30N4O/c1-14(2)18-17(20(25)21-12-13-23(5)6)19(15(3)4)24(22-18)16-10-8-7-9-11-16/h7-11,14-15H,12-13H2,1-6H3,(H,21,25). The van der Waals surface area contributed by atoms with Crippen LogP contribution < -0.4 is 5.32 Å². The Hall–Kier alpha value is -2.14. The number of nitrogens with zero attached hydrogens (tertiary/aromatic N) is 3. The van der Waals surface area contributed by atoms with E-state index in [1.165, 1.54) is 0 Å². The third kappa shape index (κ3) is 4.48. The van der Waals surface area contributed by atoms with E-state index in [2.05, 4.69) is 37.9 Å². The third-order valence-corrected chi connectivity index (χ3v) is 4.11. The molecule has 0 unspecified atom stereocenters. The highest BCUT2D eigenvalue weighted by atomic mass is 16.1. The molecule has 1 aromatic carbocycles. The van der Waals surface area contributed by atoms with Crippen LogP contribution in [-0.2, 0) is 0 Å². The van der Waals surface area contributed by atoms with Crippen molar-refractivity contribution in [3.63, 3.8) is 0 Å². The smallest absolute Gasteiger partial charge is 0.255 e. The molecule has 0 atom stereocenters. The zero-order chi connectivity index (χ0) is 18.6. The van der Waals surface area contributed by atoms with Crippen molar-refractivity contribution >= 4 is 5.91 Å². The summed E-state index contributed by atoms with van der Waals surface area (Å²) in [5.41, 5.74) is 3.54. The molecule has 136 valence electrons. The minimum absolute atomic E-state index is 0.0311. The minimum Gasteiger partial charge on any atom is -0.351 e. The van der Waals surface area contributed by atoms with Crippen LogP contribution in [0.1, 0.15) is 61.3 Å². The van der Waals surface area contributed by atoms with Crippen LogP contribution in [0, 0.1) is 0 Å². The predicted molar refractivity (Wildman–Crippen MR) is 103 cm³/mol. The summed E-state index contributed by atoms with van der Waals surface area (Å²) in [6.07, 6.45) is 0. The number of hydrogen-bond donors (Lipinski definition) is 1. The summed E-state index contributed by atoms with van der Waals surface area (Å²) in [5, 5.41) is 7.86. The summed E-state index contributed by atoms with van der Waals surface area (Å²) < 4.78 is 1.93. The lowest BCUT2D eigenvalue weighted by Crippen LogP contribution is -2.32. The number of carbonyl (C=O) groups is 1. The van der Waals surface area contributed by atoms with E-state index in [1.54, 1.807) is 0 Å². The molecule has 1 N–H and O–H groups in total. The van der Waals surface area contributed by atoms with Crippen LogP contribution in [0.3, 0.4) is 0 Å². The number of carbonyl (C=O) groups excluding carboxylic acids is 1. The second-order valence-corrected chi connectivity index (χ2v) is 7.26. The fourth-order valence-corrected chi connectivity index (χ4v) is 2.87. The second-order valence-electron chi connectivity index (χ2n) is 7.26. The maximum Gasteiger partial charge on any atom is 0.255 e. The van der Waals surface area contributed by atoms with Crippen molar-refractivity contribution in [3.8, 4) is 5.69 Å². The third-order valence-electron chi connectivity index (χ3n) is 4.11. The molecule has 0 saturated heterocycles. The van der Waals surface area contributed by atoms with Gasteiger partial charge in [0.2, 0.25) is 0 Å². The van der Waals surface area contributed by atoms with Crippen LogP contribution >= 0.6 is 0 Å². The predicted octanol–water partition coefficient (Wildman–Crippen LogP) is 3.41. The zero-order valence-corrected chi connectivity index (χ0v) is 16.2. The van der Waals surface area contributed by atoms with Gasteiger partial charge in [0.05, 0.1) is 22.6 Å². The normalized spacial score (nSPS) is 11.6. The second kappa shape index (κ2) is 8.30. The molecule has 0 aliphatic heterocycles. The first-order valence-corrected chi connectivity index (χ1v) is 8.94. The number of likely N-dealkylation sites (N-methyl/N-ethyl adjacent to an activating group) is 1. The van der Waals surface area contributed by atoms with Crippen LogP contribution in [0.2, 0.25) is 0 Å². The highest BCUT2D eigenvalue weighted by Crippen LogP contribution is 2.29. The van der Waals surface area contributed by atoms with Crippen LogP contribution in [0.5, 0.6) is 0 Å². The van der Waals surface area contributed by atoms with E-state index in [9.17, 15) is 4.79 Å². The van der Waals surface area contributed by atoms with E-state index in [1.807, 2.05) is 49.1 Å². The Balaban J connectivity index is 2.49. The lowest BCUT2D eigenvalue weighted by Gasteiger charge is -2.14. The van der Waals surface area contributed by atoms with Gasteiger partial charge in [0, 0.05) is 13.1 Å². The molecular formula is C20H30N4O. The molecule has 5 heteroatoms. The van der Waals surface area contributed by atoms with Crippen LogP contribution in [-0.4, -0.2) is 47.8 Å². The van der Waals surface area contributed by atoms with E-state index in [-0.39, 0.29) is 17.7 Å². The van der Waals surface area contributed by atoms with Gasteiger partial charge in [-0.1, -0.05) is 45.9 Å². The molecular weight excluding hydrogens is 312 g/mol. The highest BCUT2D eigenvalue weighted by Gasteiger charge is 2.27. The molecule has 0 fully saturated rings. The topological polar surface area (TPSA) is 50.2 Å². The molecule has 0 radical (unpaired) electrons. The number of hydrogen-bond acceptors (Lipinski definition) is 3. The summed E-state index contributed by atoms with van der Waals surface area (Å²) in [5.74, 6) is 0.336. The molecule has 0 saturated carbocycles. The molecule has 0 bridgehead atoms. The van der Waals surface area contributed by atoms with Gasteiger partial charge in [-0.15, -0.1) is 0 Å². The average molecular weight is 342 g/mol. The van der Waals surface area contributed by atoms with Crippen molar-refractivity contribution in [2.45, 2.75) is 39.5 Å². The zero-order valence-electron chi connectivity index (χ0n) is 16.2. The van der Waals surface area contributed by atoms with Gasteiger partial charge in [-0.3, -0.25) is 4.79 Å². The summed E-state index contributed by atoms with van der Waals surface area (Å²) in [6, 6.07) is 10.0. The summed E-state index contributed by atoms with van der Waals surface area (Å²) in [4.78, 5) is 15.0. The van der Waals surface area contributed by atoms with Crippen LogP contribution in [0.15, 0.2) is 30.3 Å². The van der Waals surface area contributed by atoms with Crippen molar-refractivity contribution < 1.29 is 4.79 Å². The van der Waals surface area contributed by atoms with Gasteiger partial charge >= 0.3 is 0 Å². The Morgan fingerprint density at radius 3 is 2.28 bits per heavy atom. The Bertz CT molecular complexity index is 702.